The van der Waals surface area contributed by atoms with Crippen LogP contribution in [0, 0.1) is 13.8 Å². The molecule has 2 aromatic carbocycles. The Morgan fingerprint density at radius 3 is 2.10 bits per heavy atom. The van der Waals surface area contributed by atoms with Gasteiger partial charge in [0.05, 0.1) is 11.8 Å². The Balaban J connectivity index is 0.000000180. The molecule has 0 spiro atoms. The van der Waals surface area contributed by atoms with Gasteiger partial charge in [-0.3, -0.25) is 19.6 Å². The lowest BCUT2D eigenvalue weighted by atomic mass is 10.1. The molecule has 0 saturated heterocycles. The molecule has 1 amide bonds. The van der Waals surface area contributed by atoms with Gasteiger partial charge >= 0.3 is 0 Å². The molecule has 5 aromatic rings. The summed E-state index contributed by atoms with van der Waals surface area (Å²) < 4.78 is 5.42. The highest BCUT2D eigenvalue weighted by atomic mass is 79.9. The monoisotopic (exact) mass is 599 g/mol. The van der Waals surface area contributed by atoms with Gasteiger partial charge in [-0.2, -0.15) is 4.98 Å². The number of amides is 1. The van der Waals surface area contributed by atoms with Crippen LogP contribution in [0.4, 0.5) is 11.7 Å². The number of benzene rings is 2. The maximum Gasteiger partial charge on any atom is 0.299 e. The molecule has 0 radical (unpaired) electrons. The first-order chi connectivity index (χ1) is 19.3. The van der Waals surface area contributed by atoms with Crippen molar-refractivity contribution in [2.24, 2.45) is 5.73 Å². The van der Waals surface area contributed by atoms with E-state index in [9.17, 15) is 9.59 Å². The molecular formula is C31H30BrN5O3. The number of hydrogen-bond acceptors (Lipinski definition) is 7. The molecule has 8 nitrogen and oxygen atoms in total. The van der Waals surface area contributed by atoms with Gasteiger partial charge in [-0.1, -0.05) is 57.9 Å². The number of alkyl halides is 1. The number of pyridine rings is 2. The number of hydrogen-bond donors (Lipinski definition) is 2. The predicted octanol–water partition coefficient (Wildman–Crippen LogP) is 6.47. The smallest absolute Gasteiger partial charge is 0.299 e. The number of anilines is 2. The number of Topliss-reactive ketones (excluding diaryl/α,β-unsaturated/α-hetero) is 1. The minimum atomic E-state index is -0.282. The molecule has 0 aliphatic rings. The third kappa shape index (κ3) is 10.3. The minimum absolute atomic E-state index is 0.0856. The summed E-state index contributed by atoms with van der Waals surface area (Å²) in [5.41, 5.74) is 11.8. The van der Waals surface area contributed by atoms with Gasteiger partial charge in [-0.15, -0.1) is 0 Å². The average molecular weight is 601 g/mol. The van der Waals surface area contributed by atoms with E-state index in [1.807, 2.05) is 74.5 Å². The fourth-order valence-electron chi connectivity index (χ4n) is 3.47. The van der Waals surface area contributed by atoms with Crippen LogP contribution in [0.5, 0.6) is 0 Å². The number of primary amides is 1. The van der Waals surface area contributed by atoms with E-state index in [-0.39, 0.29) is 11.7 Å². The molecule has 0 atom stereocenters. The number of ketones is 1. The lowest BCUT2D eigenvalue weighted by molar-refractivity contribution is -0.117. The van der Waals surface area contributed by atoms with E-state index in [0.29, 0.717) is 23.3 Å². The maximum absolute atomic E-state index is 10.9. The number of carbonyl (C=O) groups is 2. The van der Waals surface area contributed by atoms with Crippen molar-refractivity contribution < 1.29 is 14.0 Å². The molecule has 0 aliphatic heterocycles. The average Bonchev–Trinajstić information content (AvgIpc) is 3.42. The minimum Gasteiger partial charge on any atom is -0.431 e. The van der Waals surface area contributed by atoms with Gasteiger partial charge in [-0.25, -0.2) is 0 Å². The highest BCUT2D eigenvalue weighted by molar-refractivity contribution is 9.09. The molecule has 3 N–H and O–H groups in total. The van der Waals surface area contributed by atoms with Gasteiger partial charge in [0.25, 0.3) is 6.01 Å². The lowest BCUT2D eigenvalue weighted by Crippen LogP contribution is -2.13. The summed E-state index contributed by atoms with van der Waals surface area (Å²) in [5.74, 6) is -0.196. The van der Waals surface area contributed by atoms with Crippen molar-refractivity contribution in [1.29, 1.82) is 0 Å². The molecule has 0 aliphatic carbocycles. The number of oxazole rings is 1. The van der Waals surface area contributed by atoms with Crippen LogP contribution in [0.25, 0.3) is 11.3 Å². The first kappa shape index (κ1) is 29.9. The summed E-state index contributed by atoms with van der Waals surface area (Å²) in [5, 5.41) is 3.51. The second kappa shape index (κ2) is 15.7. The number of carbonyl (C=O) groups excluding carboxylic acids is 2. The normalized spacial score (nSPS) is 9.88. The highest BCUT2D eigenvalue weighted by Gasteiger charge is 2.06. The van der Waals surface area contributed by atoms with E-state index in [2.05, 4.69) is 36.2 Å². The van der Waals surface area contributed by atoms with E-state index in [0.717, 1.165) is 28.1 Å². The van der Waals surface area contributed by atoms with Gasteiger partial charge in [-0.05, 0) is 61.4 Å². The van der Waals surface area contributed by atoms with Crippen LogP contribution >= 0.6 is 15.9 Å². The molecule has 0 bridgehead atoms. The Morgan fingerprint density at radius 1 is 0.875 bits per heavy atom. The molecule has 40 heavy (non-hydrogen) atoms. The Morgan fingerprint density at radius 2 is 1.50 bits per heavy atom. The van der Waals surface area contributed by atoms with Crippen LogP contribution in [-0.2, 0) is 11.2 Å². The Labute approximate surface area is 241 Å². The summed E-state index contributed by atoms with van der Waals surface area (Å²) >= 11 is 3.08. The lowest BCUT2D eigenvalue weighted by Gasteiger charge is -2.01. The SMILES string of the molecule is Cc1cccc(CC(N)=O)c1.Cc1cccc(Nc2nc(-c3ccncc3)co2)c1.O=C(CBr)c1ccncc1. The van der Waals surface area contributed by atoms with Crippen molar-refractivity contribution in [2.75, 3.05) is 10.6 Å². The van der Waals surface area contributed by atoms with Crippen LogP contribution in [0.2, 0.25) is 0 Å². The van der Waals surface area contributed by atoms with Gasteiger partial charge in [0.15, 0.2) is 5.78 Å². The molecule has 5 rings (SSSR count). The fourth-order valence-corrected chi connectivity index (χ4v) is 3.79. The van der Waals surface area contributed by atoms with E-state index in [1.54, 1.807) is 43.2 Å². The second-order valence-electron chi connectivity index (χ2n) is 8.69. The van der Waals surface area contributed by atoms with Crippen LogP contribution < -0.4 is 11.1 Å². The van der Waals surface area contributed by atoms with E-state index in [4.69, 9.17) is 10.2 Å². The van der Waals surface area contributed by atoms with Crippen molar-refractivity contribution in [3.8, 4) is 11.3 Å². The summed E-state index contributed by atoms with van der Waals surface area (Å²) in [6, 6.07) is 23.5. The standard InChI is InChI=1S/C15H13N3O.C9H11NO.C7H6BrNO/c1-11-3-2-4-13(9-11)17-15-18-14(10-19-15)12-5-7-16-8-6-12;1-7-3-2-4-8(5-7)6-9(10)11;8-5-7(10)6-1-3-9-4-2-6/h2-10H,1H3,(H,17,18);2-5H,6H2,1H3,(H2,10,11);1-4H,5H2. The van der Waals surface area contributed by atoms with Crippen molar-refractivity contribution >= 4 is 39.3 Å². The van der Waals surface area contributed by atoms with Gasteiger partial charge in [0.1, 0.15) is 12.0 Å². The Kier molecular flexibility index (Phi) is 11.7. The number of nitrogens with two attached hydrogens (primary N) is 1. The van der Waals surface area contributed by atoms with E-state index >= 15 is 0 Å². The molecule has 0 saturated carbocycles. The quantitative estimate of drug-likeness (QED) is 0.162. The van der Waals surface area contributed by atoms with Crippen LogP contribution in [0.3, 0.4) is 0 Å². The van der Waals surface area contributed by atoms with Crippen molar-refractivity contribution in [3.05, 3.63) is 126 Å². The Bertz CT molecular complexity index is 1510. The molecule has 0 fully saturated rings. The Hall–Kier alpha value is -4.63. The van der Waals surface area contributed by atoms with Crippen molar-refractivity contribution in [2.45, 2.75) is 20.3 Å². The summed E-state index contributed by atoms with van der Waals surface area (Å²) in [6.45, 7) is 4.04. The van der Waals surface area contributed by atoms with Crippen molar-refractivity contribution in [3.63, 3.8) is 0 Å². The zero-order chi connectivity index (χ0) is 28.7. The van der Waals surface area contributed by atoms with E-state index in [1.165, 1.54) is 5.56 Å². The number of rotatable bonds is 7. The number of nitrogens with zero attached hydrogens (tertiary/aromatic N) is 3. The number of aromatic nitrogens is 3. The number of halogens is 1. The van der Waals surface area contributed by atoms with Crippen LogP contribution in [-0.4, -0.2) is 32.0 Å². The first-order valence-corrected chi connectivity index (χ1v) is 13.5. The maximum atomic E-state index is 10.9. The molecule has 3 aromatic heterocycles. The highest BCUT2D eigenvalue weighted by Crippen LogP contribution is 2.22. The van der Waals surface area contributed by atoms with Gasteiger partial charge in [0.2, 0.25) is 5.91 Å². The fraction of sp³-hybridized carbons (Fsp3) is 0.129. The third-order valence-electron chi connectivity index (χ3n) is 5.33. The summed E-state index contributed by atoms with van der Waals surface area (Å²) in [7, 11) is 0. The number of aryl methyl sites for hydroxylation is 2. The first-order valence-electron chi connectivity index (χ1n) is 12.4. The zero-order valence-corrected chi connectivity index (χ0v) is 23.8. The summed E-state index contributed by atoms with van der Waals surface area (Å²) in [4.78, 5) is 33.6. The molecule has 0 unspecified atom stereocenters. The summed E-state index contributed by atoms with van der Waals surface area (Å²) in [6.07, 6.45) is 8.65. The largest absolute Gasteiger partial charge is 0.431 e. The molecule has 3 heterocycles. The van der Waals surface area contributed by atoms with E-state index < -0.39 is 0 Å². The molecular weight excluding hydrogens is 570 g/mol. The number of nitrogens with one attached hydrogen (secondary N) is 1. The third-order valence-corrected chi connectivity index (χ3v) is 5.84. The van der Waals surface area contributed by atoms with Crippen molar-refractivity contribution in [1.82, 2.24) is 15.0 Å². The van der Waals surface area contributed by atoms with Crippen LogP contribution in [0.15, 0.2) is 108 Å². The van der Waals surface area contributed by atoms with Gasteiger partial charge < -0.3 is 15.5 Å². The van der Waals surface area contributed by atoms with Crippen LogP contribution in [0.1, 0.15) is 27.0 Å². The zero-order valence-electron chi connectivity index (χ0n) is 22.3. The molecule has 204 valence electrons. The second-order valence-corrected chi connectivity index (χ2v) is 9.25. The topological polar surface area (TPSA) is 124 Å². The predicted molar refractivity (Wildman–Crippen MR) is 161 cm³/mol. The molecule has 9 heteroatoms. The van der Waals surface area contributed by atoms with Gasteiger partial charge in [0, 0.05) is 41.6 Å².